The van der Waals surface area contributed by atoms with Gasteiger partial charge in [0.25, 0.3) is 0 Å². The van der Waals surface area contributed by atoms with Crippen molar-refractivity contribution in [2.75, 3.05) is 12.4 Å². The molecular weight excluding hydrogens is 300 g/mol. The number of aliphatic hydroxyl groups excluding tert-OH is 1. The predicted molar refractivity (Wildman–Crippen MR) is 89.0 cm³/mol. The number of carbonyl (C=O) groups is 1. The van der Waals surface area contributed by atoms with Crippen molar-refractivity contribution in [1.29, 1.82) is 0 Å². The summed E-state index contributed by atoms with van der Waals surface area (Å²) in [5, 5.41) is 22.1. The van der Waals surface area contributed by atoms with Crippen LogP contribution in [0.1, 0.15) is 30.5 Å². The molecule has 0 radical (unpaired) electrons. The lowest BCUT2D eigenvalue weighted by atomic mass is 9.96. The van der Waals surface area contributed by atoms with Gasteiger partial charge in [-0.15, -0.1) is 0 Å². The zero-order chi connectivity index (χ0) is 16.1. The lowest BCUT2D eigenvalue weighted by molar-refractivity contribution is -0.133. The van der Waals surface area contributed by atoms with Gasteiger partial charge in [-0.1, -0.05) is 41.6 Å². The fraction of sp³-hybridized carbons (Fsp3) is 0.375. The topological polar surface area (TPSA) is 81.9 Å². The number of carboxylic acids is 1. The first-order valence-corrected chi connectivity index (χ1v) is 8.10. The van der Waals surface area contributed by atoms with Crippen LogP contribution in [0.5, 0.6) is 0 Å². The fourth-order valence-corrected chi connectivity index (χ4v) is 3.09. The second-order valence-corrected chi connectivity index (χ2v) is 6.23. The van der Waals surface area contributed by atoms with Crippen LogP contribution in [0.3, 0.4) is 0 Å². The molecule has 2 rings (SSSR count). The van der Waals surface area contributed by atoms with Crippen LogP contribution in [0.4, 0.5) is 0 Å². The summed E-state index contributed by atoms with van der Waals surface area (Å²) in [6.45, 7) is 3.88. The Hall–Kier alpha value is -1.79. The minimum Gasteiger partial charge on any atom is -0.478 e. The molecule has 1 aromatic rings. The van der Waals surface area contributed by atoms with Gasteiger partial charge in [-0.3, -0.25) is 0 Å². The summed E-state index contributed by atoms with van der Waals surface area (Å²) in [6.07, 6.45) is 0.676. The number of hydrogen-bond acceptors (Lipinski definition) is 5. The van der Waals surface area contributed by atoms with Gasteiger partial charge in [-0.2, -0.15) is 0 Å². The molecule has 0 aromatic heterocycles. The van der Waals surface area contributed by atoms with Crippen LogP contribution >= 0.6 is 11.8 Å². The molecule has 0 bridgehead atoms. The van der Waals surface area contributed by atoms with Crippen molar-refractivity contribution >= 4 is 22.9 Å². The number of nitrogens with one attached hydrogen (secondary N) is 1. The van der Waals surface area contributed by atoms with E-state index in [2.05, 4.69) is 10.3 Å². The minimum atomic E-state index is -0.960. The smallest absolute Gasteiger partial charge is 0.335 e. The van der Waals surface area contributed by atoms with Crippen molar-refractivity contribution in [3.05, 3.63) is 46.7 Å². The molecule has 0 saturated heterocycles. The number of carboxylic acid groups (broad SMARTS) is 1. The normalized spacial score (nSPS) is 18.0. The number of hydrogen-bond donors (Lipinski definition) is 3. The van der Waals surface area contributed by atoms with E-state index < -0.39 is 12.0 Å². The minimum absolute atomic E-state index is 0.136. The van der Waals surface area contributed by atoms with Crippen LogP contribution in [0.25, 0.3) is 0 Å². The highest BCUT2D eigenvalue weighted by molar-refractivity contribution is 8.13. The highest BCUT2D eigenvalue weighted by Gasteiger charge is 2.28. The van der Waals surface area contributed by atoms with Gasteiger partial charge in [-0.05, 0) is 25.8 Å². The highest BCUT2D eigenvalue weighted by Crippen LogP contribution is 2.32. The summed E-state index contributed by atoms with van der Waals surface area (Å²) in [5.74, 6) is -0.225. The van der Waals surface area contributed by atoms with E-state index in [9.17, 15) is 9.90 Å². The van der Waals surface area contributed by atoms with E-state index in [0.717, 1.165) is 16.9 Å². The average Bonchev–Trinajstić information content (AvgIpc) is 2.47. The van der Waals surface area contributed by atoms with Crippen LogP contribution < -0.4 is 5.32 Å². The van der Waals surface area contributed by atoms with Crippen molar-refractivity contribution in [3.8, 4) is 0 Å². The molecular formula is C16H20N2O3S. The summed E-state index contributed by atoms with van der Waals surface area (Å²) in [7, 11) is 0. The zero-order valence-electron chi connectivity index (χ0n) is 12.7. The molecule has 6 heteroatoms. The molecule has 1 aliphatic rings. The van der Waals surface area contributed by atoms with E-state index in [1.54, 1.807) is 6.92 Å². The summed E-state index contributed by atoms with van der Waals surface area (Å²) in [6, 6.07) is 7.25. The van der Waals surface area contributed by atoms with Crippen LogP contribution in [0, 0.1) is 6.92 Å². The highest BCUT2D eigenvalue weighted by atomic mass is 32.2. The van der Waals surface area contributed by atoms with E-state index in [0.29, 0.717) is 17.3 Å². The number of aliphatic carboxylic acids is 1. The maximum absolute atomic E-state index is 11.6. The standard InChI is InChI=1S/C16H20N2O3S/c1-10-4-6-12(7-5-10)14-13(15(20)21)11(2)17-16(18-14)22-9-3-8-19/h4-7,14,19H,3,8-9H2,1-2H3,(H,17,18)(H,20,21). The quantitative estimate of drug-likeness (QED) is 0.726. The maximum atomic E-state index is 11.6. The van der Waals surface area contributed by atoms with Gasteiger partial charge in [0.05, 0.1) is 5.57 Å². The second kappa shape index (κ2) is 7.47. The van der Waals surface area contributed by atoms with Gasteiger partial charge >= 0.3 is 5.97 Å². The molecule has 5 nitrogen and oxygen atoms in total. The Morgan fingerprint density at radius 2 is 2.00 bits per heavy atom. The Morgan fingerprint density at radius 3 is 2.59 bits per heavy atom. The molecule has 0 fully saturated rings. The summed E-state index contributed by atoms with van der Waals surface area (Å²) in [4.78, 5) is 16.1. The third-order valence-electron chi connectivity index (χ3n) is 3.38. The number of thioether (sulfide) groups is 1. The van der Waals surface area contributed by atoms with Gasteiger partial charge < -0.3 is 15.5 Å². The molecule has 1 aromatic carbocycles. The van der Waals surface area contributed by atoms with Crippen molar-refractivity contribution < 1.29 is 15.0 Å². The summed E-state index contributed by atoms with van der Waals surface area (Å²) >= 11 is 1.49. The third-order valence-corrected chi connectivity index (χ3v) is 4.36. The van der Waals surface area contributed by atoms with Gasteiger partial charge in [0.15, 0.2) is 5.17 Å². The first-order chi connectivity index (χ1) is 10.5. The fourth-order valence-electron chi connectivity index (χ4n) is 2.22. The van der Waals surface area contributed by atoms with Gasteiger partial charge in [0.1, 0.15) is 6.04 Å². The van der Waals surface area contributed by atoms with Crippen molar-refractivity contribution in [1.82, 2.24) is 5.32 Å². The Bertz CT molecular complexity index is 608. The summed E-state index contributed by atoms with van der Waals surface area (Å²) in [5.41, 5.74) is 2.87. The molecule has 3 N–H and O–H groups in total. The maximum Gasteiger partial charge on any atom is 0.335 e. The largest absolute Gasteiger partial charge is 0.478 e. The van der Waals surface area contributed by atoms with Crippen molar-refractivity contribution in [2.24, 2.45) is 4.99 Å². The van der Waals surface area contributed by atoms with Crippen LogP contribution in [0.15, 0.2) is 40.5 Å². The number of aryl methyl sites for hydroxylation is 1. The SMILES string of the molecule is CC1=C(C(=O)O)C(c2ccc(C)cc2)N=C(SCCCO)N1. The Balaban J connectivity index is 2.31. The van der Waals surface area contributed by atoms with Crippen LogP contribution in [0.2, 0.25) is 0 Å². The third kappa shape index (κ3) is 3.90. The molecule has 0 amide bonds. The van der Waals surface area contributed by atoms with Gasteiger partial charge in [0.2, 0.25) is 0 Å². The van der Waals surface area contributed by atoms with E-state index in [-0.39, 0.29) is 12.2 Å². The average molecular weight is 320 g/mol. The van der Waals surface area contributed by atoms with Crippen LogP contribution in [-0.4, -0.2) is 33.7 Å². The van der Waals surface area contributed by atoms with E-state index >= 15 is 0 Å². The number of amidine groups is 1. The Kier molecular flexibility index (Phi) is 5.63. The molecule has 0 aliphatic carbocycles. The first kappa shape index (κ1) is 16.6. The second-order valence-electron chi connectivity index (χ2n) is 5.14. The number of aliphatic imine (C=N–C) groups is 1. The Morgan fingerprint density at radius 1 is 1.32 bits per heavy atom. The molecule has 0 spiro atoms. The van der Waals surface area contributed by atoms with Crippen molar-refractivity contribution in [3.63, 3.8) is 0 Å². The molecule has 1 unspecified atom stereocenters. The number of rotatable bonds is 5. The lowest BCUT2D eigenvalue weighted by Crippen LogP contribution is -2.30. The van der Waals surface area contributed by atoms with E-state index in [4.69, 9.17) is 5.11 Å². The van der Waals surface area contributed by atoms with Crippen LogP contribution in [-0.2, 0) is 4.79 Å². The Labute approximate surface area is 134 Å². The number of benzene rings is 1. The van der Waals surface area contributed by atoms with E-state index in [1.165, 1.54) is 11.8 Å². The number of allylic oxidation sites excluding steroid dienone is 1. The predicted octanol–water partition coefficient (Wildman–Crippen LogP) is 2.47. The molecule has 0 saturated carbocycles. The van der Waals surface area contributed by atoms with E-state index in [1.807, 2.05) is 31.2 Å². The molecule has 1 atom stereocenters. The molecule has 118 valence electrons. The van der Waals surface area contributed by atoms with Gasteiger partial charge in [0, 0.05) is 18.1 Å². The molecule has 1 heterocycles. The lowest BCUT2D eigenvalue weighted by Gasteiger charge is -2.24. The monoisotopic (exact) mass is 320 g/mol. The first-order valence-electron chi connectivity index (χ1n) is 7.12. The number of nitrogens with zero attached hydrogens (tertiary/aromatic N) is 1. The molecule has 22 heavy (non-hydrogen) atoms. The zero-order valence-corrected chi connectivity index (χ0v) is 13.5. The van der Waals surface area contributed by atoms with Crippen molar-refractivity contribution in [2.45, 2.75) is 26.3 Å². The molecule has 1 aliphatic heterocycles. The van der Waals surface area contributed by atoms with Gasteiger partial charge in [-0.25, -0.2) is 9.79 Å². The number of aliphatic hydroxyl groups is 1. The summed E-state index contributed by atoms with van der Waals surface area (Å²) < 4.78 is 0.